The first-order valence-electron chi connectivity index (χ1n) is 6.83. The van der Waals surface area contributed by atoms with Crippen LogP contribution < -0.4 is 5.32 Å². The van der Waals surface area contributed by atoms with E-state index in [1.807, 2.05) is 5.32 Å². The Morgan fingerprint density at radius 2 is 1.83 bits per heavy atom. The highest BCUT2D eigenvalue weighted by molar-refractivity contribution is 5.95. The van der Waals surface area contributed by atoms with E-state index in [2.05, 4.69) is 0 Å². The Morgan fingerprint density at radius 1 is 1.12 bits per heavy atom. The third-order valence-corrected chi connectivity index (χ3v) is 2.94. The second-order valence-electron chi connectivity index (χ2n) is 4.72. The Hall–Kier alpha value is -3.22. The molecule has 0 aliphatic rings. The maximum Gasteiger partial charge on any atom is 0.412 e. The van der Waals surface area contributed by atoms with Gasteiger partial charge in [0.2, 0.25) is 0 Å². The highest BCUT2D eigenvalue weighted by Crippen LogP contribution is 2.13. The number of benzene rings is 2. The summed E-state index contributed by atoms with van der Waals surface area (Å²) >= 11 is 0. The van der Waals surface area contributed by atoms with Crippen molar-refractivity contribution >= 4 is 18.1 Å². The van der Waals surface area contributed by atoms with Crippen molar-refractivity contribution in [2.45, 2.75) is 6.61 Å². The smallest absolute Gasteiger partial charge is 0.412 e. The summed E-state index contributed by atoms with van der Waals surface area (Å²) in [4.78, 5) is 22.8. The van der Waals surface area contributed by atoms with E-state index in [0.717, 1.165) is 24.3 Å². The standard InChI is InChI=1S/C17H13F2NO4/c18-13-6-7-14(19)12(8-13)9-15(16(21)22)20-17(23)24-10-11-4-2-1-3-5-11/h1-9H,10H2,(H,20,23)(H,21,22)/b15-9+. The first-order chi connectivity index (χ1) is 11.5. The second-order valence-corrected chi connectivity index (χ2v) is 4.72. The van der Waals surface area contributed by atoms with E-state index < -0.39 is 29.4 Å². The summed E-state index contributed by atoms with van der Waals surface area (Å²) in [5, 5.41) is 11.1. The largest absolute Gasteiger partial charge is 0.477 e. The van der Waals surface area contributed by atoms with Crippen LogP contribution in [-0.2, 0) is 16.1 Å². The molecule has 2 aromatic rings. The van der Waals surface area contributed by atoms with E-state index in [1.165, 1.54) is 0 Å². The minimum absolute atomic E-state index is 0.0616. The number of nitrogens with one attached hydrogen (secondary N) is 1. The van der Waals surface area contributed by atoms with Gasteiger partial charge in [-0.05, 0) is 29.8 Å². The molecule has 1 amide bonds. The van der Waals surface area contributed by atoms with E-state index in [-0.39, 0.29) is 12.2 Å². The van der Waals surface area contributed by atoms with Crippen LogP contribution in [0, 0.1) is 11.6 Å². The molecular formula is C17H13F2NO4. The first-order valence-corrected chi connectivity index (χ1v) is 6.83. The topological polar surface area (TPSA) is 75.6 Å². The van der Waals surface area contributed by atoms with E-state index >= 15 is 0 Å². The zero-order chi connectivity index (χ0) is 17.5. The lowest BCUT2D eigenvalue weighted by Gasteiger charge is -2.08. The Balaban J connectivity index is 2.08. The molecule has 24 heavy (non-hydrogen) atoms. The number of hydrogen-bond donors (Lipinski definition) is 2. The van der Waals surface area contributed by atoms with Gasteiger partial charge in [0.1, 0.15) is 23.9 Å². The van der Waals surface area contributed by atoms with Gasteiger partial charge in [-0.1, -0.05) is 30.3 Å². The predicted molar refractivity (Wildman–Crippen MR) is 81.7 cm³/mol. The average Bonchev–Trinajstić information content (AvgIpc) is 2.56. The Morgan fingerprint density at radius 3 is 2.50 bits per heavy atom. The number of carbonyl (C=O) groups is 2. The normalized spacial score (nSPS) is 11.0. The molecule has 7 heteroatoms. The summed E-state index contributed by atoms with van der Waals surface area (Å²) < 4.78 is 31.5. The third kappa shape index (κ3) is 4.91. The lowest BCUT2D eigenvalue weighted by Crippen LogP contribution is -2.27. The van der Waals surface area contributed by atoms with Gasteiger partial charge in [0.05, 0.1) is 0 Å². The van der Waals surface area contributed by atoms with Gasteiger partial charge < -0.3 is 9.84 Å². The molecule has 0 heterocycles. The number of carboxylic acids is 1. The number of carboxylic acid groups (broad SMARTS) is 1. The number of hydrogen-bond acceptors (Lipinski definition) is 3. The number of rotatable bonds is 5. The molecule has 0 saturated heterocycles. The monoisotopic (exact) mass is 333 g/mol. The van der Waals surface area contributed by atoms with Gasteiger partial charge in [0.25, 0.3) is 0 Å². The van der Waals surface area contributed by atoms with E-state index in [9.17, 15) is 18.4 Å². The number of carbonyl (C=O) groups excluding carboxylic acids is 1. The molecule has 2 rings (SSSR count). The molecule has 0 aliphatic carbocycles. The highest BCUT2D eigenvalue weighted by Gasteiger charge is 2.14. The zero-order valence-corrected chi connectivity index (χ0v) is 12.3. The molecule has 0 aliphatic heterocycles. The molecule has 5 nitrogen and oxygen atoms in total. The lowest BCUT2D eigenvalue weighted by atomic mass is 10.1. The number of halogens is 2. The van der Waals surface area contributed by atoms with Crippen LogP contribution in [0.5, 0.6) is 0 Å². The molecular weight excluding hydrogens is 320 g/mol. The van der Waals surface area contributed by atoms with E-state index in [0.29, 0.717) is 5.56 Å². The Labute approximate surface area is 136 Å². The van der Waals surface area contributed by atoms with Crippen LogP contribution >= 0.6 is 0 Å². The maximum atomic E-state index is 13.6. The van der Waals surface area contributed by atoms with Crippen LogP contribution in [0.3, 0.4) is 0 Å². The molecule has 2 N–H and O–H groups in total. The molecule has 0 atom stereocenters. The zero-order valence-electron chi connectivity index (χ0n) is 12.3. The highest BCUT2D eigenvalue weighted by atomic mass is 19.1. The SMILES string of the molecule is O=C(N/C(=C/c1cc(F)ccc1F)C(=O)O)OCc1ccccc1. The summed E-state index contributed by atoms with van der Waals surface area (Å²) in [6, 6.07) is 11.3. The second kappa shape index (κ2) is 7.87. The Bertz CT molecular complexity index is 775. The van der Waals surface area contributed by atoms with E-state index in [4.69, 9.17) is 9.84 Å². The summed E-state index contributed by atoms with van der Waals surface area (Å²) in [5.41, 5.74) is -0.238. The summed E-state index contributed by atoms with van der Waals surface area (Å²) in [5.74, 6) is -3.08. The third-order valence-electron chi connectivity index (χ3n) is 2.94. The molecule has 0 bridgehead atoms. The van der Waals surface area contributed by atoms with Gasteiger partial charge in [-0.2, -0.15) is 0 Å². The number of amides is 1. The van der Waals surface area contributed by atoms with Crippen LogP contribution in [0.15, 0.2) is 54.2 Å². The molecule has 0 fully saturated rings. The van der Waals surface area contributed by atoms with Crippen molar-refractivity contribution in [3.05, 3.63) is 77.0 Å². The minimum Gasteiger partial charge on any atom is -0.477 e. The van der Waals surface area contributed by atoms with Gasteiger partial charge in [-0.15, -0.1) is 0 Å². The van der Waals surface area contributed by atoms with Crippen molar-refractivity contribution in [1.29, 1.82) is 0 Å². The van der Waals surface area contributed by atoms with Crippen molar-refractivity contribution in [2.75, 3.05) is 0 Å². The Kier molecular flexibility index (Phi) is 5.62. The fourth-order valence-corrected chi connectivity index (χ4v) is 1.80. The first kappa shape index (κ1) is 17.1. The molecule has 2 aromatic carbocycles. The molecule has 0 saturated carbocycles. The predicted octanol–water partition coefficient (Wildman–Crippen LogP) is 3.32. The van der Waals surface area contributed by atoms with Crippen LogP contribution in [0.4, 0.5) is 13.6 Å². The van der Waals surface area contributed by atoms with Gasteiger partial charge >= 0.3 is 12.1 Å². The summed E-state index contributed by atoms with van der Waals surface area (Å²) in [7, 11) is 0. The van der Waals surface area contributed by atoms with Gasteiger partial charge in [-0.3, -0.25) is 5.32 Å². The fraction of sp³-hybridized carbons (Fsp3) is 0.0588. The lowest BCUT2D eigenvalue weighted by molar-refractivity contribution is -0.132. The number of aliphatic carboxylic acids is 1. The van der Waals surface area contributed by atoms with Crippen LogP contribution in [0.25, 0.3) is 6.08 Å². The fourth-order valence-electron chi connectivity index (χ4n) is 1.80. The average molecular weight is 333 g/mol. The summed E-state index contributed by atoms with van der Waals surface area (Å²) in [6.07, 6.45) is -0.214. The maximum absolute atomic E-state index is 13.6. The molecule has 0 spiro atoms. The van der Waals surface area contributed by atoms with Gasteiger partial charge in [0, 0.05) is 5.56 Å². The summed E-state index contributed by atoms with van der Waals surface area (Å²) in [6.45, 7) is -0.0616. The van der Waals surface area contributed by atoms with Crippen molar-refractivity contribution in [1.82, 2.24) is 5.32 Å². The van der Waals surface area contributed by atoms with Crippen LogP contribution in [0.1, 0.15) is 11.1 Å². The van der Waals surface area contributed by atoms with Crippen molar-refractivity contribution in [2.24, 2.45) is 0 Å². The number of alkyl carbamates (subject to hydrolysis) is 1. The van der Waals surface area contributed by atoms with Gasteiger partial charge in [0.15, 0.2) is 0 Å². The molecule has 124 valence electrons. The molecule has 0 radical (unpaired) electrons. The number of ether oxygens (including phenoxy) is 1. The van der Waals surface area contributed by atoms with Crippen molar-refractivity contribution in [3.8, 4) is 0 Å². The molecule has 0 aromatic heterocycles. The quantitative estimate of drug-likeness (QED) is 0.823. The van der Waals surface area contributed by atoms with Gasteiger partial charge in [-0.25, -0.2) is 18.4 Å². The van der Waals surface area contributed by atoms with E-state index in [1.54, 1.807) is 30.3 Å². The molecule has 0 unspecified atom stereocenters. The van der Waals surface area contributed by atoms with Crippen molar-refractivity contribution in [3.63, 3.8) is 0 Å². The minimum atomic E-state index is -1.52. The van der Waals surface area contributed by atoms with Crippen molar-refractivity contribution < 1.29 is 28.2 Å². The van der Waals surface area contributed by atoms with Crippen LogP contribution in [-0.4, -0.2) is 17.2 Å². The van der Waals surface area contributed by atoms with Crippen LogP contribution in [0.2, 0.25) is 0 Å².